The molecule has 0 amide bonds. The summed E-state index contributed by atoms with van der Waals surface area (Å²) in [6, 6.07) is 5.67. The molecule has 0 saturated carbocycles. The second kappa shape index (κ2) is 3.79. The van der Waals surface area contributed by atoms with Crippen molar-refractivity contribution < 1.29 is 14.6 Å². The lowest BCUT2D eigenvalue weighted by Crippen LogP contribution is -2.14. The normalized spacial score (nSPS) is 22.2. The van der Waals surface area contributed by atoms with E-state index in [-0.39, 0.29) is 12.0 Å². The number of epoxide rings is 1. The van der Waals surface area contributed by atoms with Crippen molar-refractivity contribution in [3.8, 4) is 5.75 Å². The second-order valence-electron chi connectivity index (χ2n) is 4.00. The van der Waals surface area contributed by atoms with Crippen molar-refractivity contribution in [1.82, 2.24) is 0 Å². The first-order valence-electron chi connectivity index (χ1n) is 5.44. The van der Waals surface area contributed by atoms with Gasteiger partial charge in [0.1, 0.15) is 18.5 Å². The fourth-order valence-electron chi connectivity index (χ4n) is 1.87. The molecule has 1 fully saturated rings. The predicted octanol–water partition coefficient (Wildman–Crippen LogP) is 1.32. The summed E-state index contributed by atoms with van der Waals surface area (Å²) in [5.74, 6) is 0.962. The van der Waals surface area contributed by atoms with Crippen LogP contribution in [0.4, 0.5) is 0 Å². The first kappa shape index (κ1) is 9.66. The lowest BCUT2D eigenvalue weighted by molar-refractivity contribution is 0.261. The van der Waals surface area contributed by atoms with Gasteiger partial charge in [0, 0.05) is 17.7 Å². The highest BCUT2D eigenvalue weighted by Crippen LogP contribution is 2.26. The first-order valence-corrected chi connectivity index (χ1v) is 5.44. The fourth-order valence-corrected chi connectivity index (χ4v) is 1.87. The van der Waals surface area contributed by atoms with Gasteiger partial charge in [0.05, 0.1) is 6.61 Å². The third-order valence-electron chi connectivity index (χ3n) is 2.82. The number of aliphatic hydroxyl groups is 1. The molecule has 1 aromatic rings. The van der Waals surface area contributed by atoms with Crippen LogP contribution in [-0.4, -0.2) is 36.9 Å². The van der Waals surface area contributed by atoms with E-state index in [1.54, 1.807) is 0 Å². The molecule has 2 heterocycles. The van der Waals surface area contributed by atoms with Crippen LogP contribution in [0.25, 0.3) is 0 Å². The van der Waals surface area contributed by atoms with Crippen LogP contribution in [0, 0.1) is 0 Å². The molecular formula is C12H13NO3. The Balaban J connectivity index is 1.87. The monoisotopic (exact) mass is 219 g/mol. The molecule has 16 heavy (non-hydrogen) atoms. The van der Waals surface area contributed by atoms with Gasteiger partial charge in [0.25, 0.3) is 0 Å². The van der Waals surface area contributed by atoms with E-state index in [1.807, 2.05) is 18.2 Å². The molecule has 4 nitrogen and oxygen atoms in total. The molecule has 1 unspecified atom stereocenters. The molecule has 4 heteroatoms. The van der Waals surface area contributed by atoms with E-state index in [1.165, 1.54) is 0 Å². The number of benzene rings is 1. The molecule has 1 saturated heterocycles. The summed E-state index contributed by atoms with van der Waals surface area (Å²) in [4.78, 5) is 4.01. The van der Waals surface area contributed by atoms with Crippen LogP contribution in [0.3, 0.4) is 0 Å². The first-order chi connectivity index (χ1) is 7.84. The third-order valence-corrected chi connectivity index (χ3v) is 2.82. The van der Waals surface area contributed by atoms with Gasteiger partial charge in [0.2, 0.25) is 5.90 Å². The van der Waals surface area contributed by atoms with E-state index in [4.69, 9.17) is 9.47 Å². The van der Waals surface area contributed by atoms with Crippen LogP contribution in [0.15, 0.2) is 23.2 Å². The standard InChI is InChI=1S/C12H13NO3/c14-12-10-2-1-3-11(9(10)4-5-13-12)16-7-8-6-15-8/h1-3,8H,4-7H2,(H,13,14). The van der Waals surface area contributed by atoms with E-state index < -0.39 is 0 Å². The van der Waals surface area contributed by atoms with Gasteiger partial charge in [-0.1, -0.05) is 6.07 Å². The Morgan fingerprint density at radius 3 is 3.19 bits per heavy atom. The van der Waals surface area contributed by atoms with E-state index in [0.29, 0.717) is 13.2 Å². The minimum Gasteiger partial charge on any atom is -0.493 e. The SMILES string of the molecule is OC1=NCCc2c(OCC3CO3)cccc21. The number of aliphatic hydroxyl groups excluding tert-OH is 1. The Morgan fingerprint density at radius 1 is 1.50 bits per heavy atom. The molecule has 1 N–H and O–H groups in total. The van der Waals surface area contributed by atoms with Crippen LogP contribution in [0.1, 0.15) is 11.1 Å². The lowest BCUT2D eigenvalue weighted by atomic mass is 10.0. The molecule has 0 radical (unpaired) electrons. The molecule has 2 aliphatic heterocycles. The Bertz CT molecular complexity index is 438. The zero-order chi connectivity index (χ0) is 11.0. The maximum Gasteiger partial charge on any atom is 0.214 e. The van der Waals surface area contributed by atoms with Crippen LogP contribution >= 0.6 is 0 Å². The van der Waals surface area contributed by atoms with Crippen molar-refractivity contribution in [3.63, 3.8) is 0 Å². The number of hydrogen-bond donors (Lipinski definition) is 1. The highest BCUT2D eigenvalue weighted by atomic mass is 16.6. The smallest absolute Gasteiger partial charge is 0.214 e. The Hall–Kier alpha value is -1.55. The maximum atomic E-state index is 9.65. The summed E-state index contributed by atoms with van der Waals surface area (Å²) in [6.07, 6.45) is 1.07. The van der Waals surface area contributed by atoms with E-state index >= 15 is 0 Å². The molecule has 2 aliphatic rings. The molecule has 0 spiro atoms. The van der Waals surface area contributed by atoms with Crippen molar-refractivity contribution in [2.45, 2.75) is 12.5 Å². The highest BCUT2D eigenvalue weighted by Gasteiger charge is 2.24. The van der Waals surface area contributed by atoms with Crippen molar-refractivity contribution in [3.05, 3.63) is 29.3 Å². The van der Waals surface area contributed by atoms with Gasteiger partial charge in [-0.15, -0.1) is 0 Å². The summed E-state index contributed by atoms with van der Waals surface area (Å²) in [7, 11) is 0. The summed E-state index contributed by atoms with van der Waals surface area (Å²) < 4.78 is 10.8. The summed E-state index contributed by atoms with van der Waals surface area (Å²) in [5.41, 5.74) is 1.84. The maximum absolute atomic E-state index is 9.65. The minimum absolute atomic E-state index is 0.120. The Labute approximate surface area is 93.5 Å². The van der Waals surface area contributed by atoms with Crippen molar-refractivity contribution in [1.29, 1.82) is 0 Å². The van der Waals surface area contributed by atoms with Gasteiger partial charge in [-0.25, -0.2) is 0 Å². The van der Waals surface area contributed by atoms with Crippen molar-refractivity contribution in [2.75, 3.05) is 19.8 Å². The molecule has 1 aromatic carbocycles. The van der Waals surface area contributed by atoms with Crippen LogP contribution in [0.5, 0.6) is 5.75 Å². The molecule has 0 aromatic heterocycles. The topological polar surface area (TPSA) is 54.4 Å². The quantitative estimate of drug-likeness (QED) is 0.780. The van der Waals surface area contributed by atoms with E-state index in [0.717, 1.165) is 29.9 Å². The number of ether oxygens (including phenoxy) is 2. The second-order valence-corrected chi connectivity index (χ2v) is 4.00. The van der Waals surface area contributed by atoms with Gasteiger partial charge in [-0.3, -0.25) is 4.99 Å². The zero-order valence-electron chi connectivity index (χ0n) is 8.85. The molecule has 0 bridgehead atoms. The summed E-state index contributed by atoms with van der Waals surface area (Å²) in [6.45, 7) is 2.01. The summed E-state index contributed by atoms with van der Waals surface area (Å²) in [5, 5.41) is 9.65. The van der Waals surface area contributed by atoms with Crippen molar-refractivity contribution in [2.24, 2.45) is 4.99 Å². The van der Waals surface area contributed by atoms with Crippen LogP contribution in [-0.2, 0) is 11.2 Å². The average Bonchev–Trinajstić information content (AvgIpc) is 3.11. The van der Waals surface area contributed by atoms with Gasteiger partial charge in [-0.2, -0.15) is 0 Å². The van der Waals surface area contributed by atoms with Gasteiger partial charge in [0.15, 0.2) is 0 Å². The van der Waals surface area contributed by atoms with Crippen molar-refractivity contribution >= 4 is 5.90 Å². The Morgan fingerprint density at radius 2 is 2.38 bits per heavy atom. The molecule has 84 valence electrons. The largest absolute Gasteiger partial charge is 0.493 e. The summed E-state index contributed by atoms with van der Waals surface area (Å²) >= 11 is 0. The third kappa shape index (κ3) is 1.76. The van der Waals surface area contributed by atoms with E-state index in [2.05, 4.69) is 4.99 Å². The van der Waals surface area contributed by atoms with Gasteiger partial charge in [-0.05, 0) is 18.6 Å². The zero-order valence-corrected chi connectivity index (χ0v) is 8.85. The van der Waals surface area contributed by atoms with Gasteiger partial charge >= 0.3 is 0 Å². The highest BCUT2D eigenvalue weighted by molar-refractivity contribution is 5.95. The predicted molar refractivity (Wildman–Crippen MR) is 59.4 cm³/mol. The number of hydrogen-bond acceptors (Lipinski definition) is 3. The van der Waals surface area contributed by atoms with Gasteiger partial charge < -0.3 is 14.6 Å². The molecular weight excluding hydrogens is 206 g/mol. The lowest BCUT2D eigenvalue weighted by Gasteiger charge is -2.16. The van der Waals surface area contributed by atoms with E-state index in [9.17, 15) is 5.11 Å². The molecule has 0 aliphatic carbocycles. The number of rotatable bonds is 3. The minimum atomic E-state index is 0.120. The van der Waals surface area contributed by atoms with Crippen LogP contribution < -0.4 is 4.74 Å². The number of nitrogens with zero attached hydrogens (tertiary/aromatic N) is 1. The molecule has 3 rings (SSSR count). The molecule has 1 atom stereocenters. The Kier molecular flexibility index (Phi) is 2.29. The number of fused-ring (bicyclic) bond motifs is 1. The number of aliphatic imine (C=N–C) groups is 1. The fraction of sp³-hybridized carbons (Fsp3) is 0.417. The average molecular weight is 219 g/mol. The van der Waals surface area contributed by atoms with Crippen LogP contribution in [0.2, 0.25) is 0 Å².